The van der Waals surface area contributed by atoms with E-state index in [1.165, 1.54) is 11.1 Å². The number of nitrogens with zero attached hydrogens (tertiary/aromatic N) is 5. The first-order valence-electron chi connectivity index (χ1n) is 9.69. The molecule has 29 heavy (non-hydrogen) atoms. The first-order chi connectivity index (χ1) is 13.6. The van der Waals surface area contributed by atoms with Gasteiger partial charge in [0.25, 0.3) is 0 Å². The molecule has 1 aliphatic heterocycles. The Morgan fingerprint density at radius 3 is 2.76 bits per heavy atom. The summed E-state index contributed by atoms with van der Waals surface area (Å²) in [4.78, 5) is 11.1. The van der Waals surface area contributed by atoms with Gasteiger partial charge in [-0.05, 0) is 31.6 Å². The molecule has 0 radical (unpaired) electrons. The van der Waals surface area contributed by atoms with Crippen LogP contribution in [0.4, 0.5) is 0 Å². The Labute approximate surface area is 190 Å². The molecule has 3 rings (SSSR count). The molecule has 0 amide bonds. The maximum absolute atomic E-state index is 5.14. The van der Waals surface area contributed by atoms with Crippen molar-refractivity contribution in [3.05, 3.63) is 47.0 Å². The van der Waals surface area contributed by atoms with Crippen LogP contribution >= 0.6 is 24.0 Å². The molecule has 1 aromatic carbocycles. The molecule has 1 aliphatic rings. The fraction of sp³-hybridized carbons (Fsp3) is 0.550. The predicted molar refractivity (Wildman–Crippen MR) is 125 cm³/mol. The molecule has 0 saturated heterocycles. The highest BCUT2D eigenvalue weighted by Gasteiger charge is 2.22. The lowest BCUT2D eigenvalue weighted by Gasteiger charge is -2.25. The molecule has 160 valence electrons. The summed E-state index contributed by atoms with van der Waals surface area (Å²) in [6.07, 6.45) is 1.90. The highest BCUT2D eigenvalue weighted by atomic mass is 127. The molecule has 0 spiro atoms. The van der Waals surface area contributed by atoms with Crippen LogP contribution in [0.1, 0.15) is 29.2 Å². The van der Waals surface area contributed by atoms with E-state index >= 15 is 0 Å². The number of ether oxygens (including phenoxy) is 1. The Bertz CT molecular complexity index is 806. The van der Waals surface area contributed by atoms with Crippen LogP contribution in [-0.4, -0.2) is 59.9 Å². The van der Waals surface area contributed by atoms with Gasteiger partial charge in [-0.25, -0.2) is 9.67 Å². The minimum atomic E-state index is 0. The molecule has 0 bridgehead atoms. The fourth-order valence-electron chi connectivity index (χ4n) is 3.46. The van der Waals surface area contributed by atoms with Gasteiger partial charge in [-0.15, -0.1) is 24.0 Å². The number of benzene rings is 1. The number of rotatable bonds is 7. The monoisotopic (exact) mass is 513 g/mol. The first kappa shape index (κ1) is 23.6. The smallest absolute Gasteiger partial charge is 0.191 e. The molecule has 8 nitrogen and oxygen atoms in total. The summed E-state index contributed by atoms with van der Waals surface area (Å²) in [7, 11) is 7.65. The number of aryl methyl sites for hydroxylation is 1. The molecule has 2 N–H and O–H groups in total. The Hall–Kier alpha value is -1.72. The number of aromatic nitrogens is 3. The van der Waals surface area contributed by atoms with Gasteiger partial charge in [0.2, 0.25) is 0 Å². The van der Waals surface area contributed by atoms with Crippen LogP contribution in [0.25, 0.3) is 0 Å². The van der Waals surface area contributed by atoms with Crippen LogP contribution in [-0.2, 0) is 37.4 Å². The zero-order valence-corrected chi connectivity index (χ0v) is 20.0. The van der Waals surface area contributed by atoms with Gasteiger partial charge in [0.05, 0.1) is 6.54 Å². The lowest BCUT2D eigenvalue weighted by Crippen LogP contribution is -2.46. The van der Waals surface area contributed by atoms with Crippen molar-refractivity contribution in [3.8, 4) is 0 Å². The number of halogens is 1. The van der Waals surface area contributed by atoms with Crippen LogP contribution in [0.2, 0.25) is 0 Å². The Balaban J connectivity index is 0.00000300. The van der Waals surface area contributed by atoms with Crippen LogP contribution in [0.15, 0.2) is 29.3 Å². The first-order valence-corrected chi connectivity index (χ1v) is 9.69. The maximum atomic E-state index is 5.14. The van der Waals surface area contributed by atoms with Crippen molar-refractivity contribution in [1.82, 2.24) is 30.3 Å². The van der Waals surface area contributed by atoms with Crippen molar-refractivity contribution in [2.45, 2.75) is 45.1 Å². The van der Waals surface area contributed by atoms with Gasteiger partial charge in [0, 0.05) is 39.7 Å². The van der Waals surface area contributed by atoms with E-state index in [4.69, 9.17) is 4.74 Å². The summed E-state index contributed by atoms with van der Waals surface area (Å²) < 4.78 is 7.12. The molecule has 0 aliphatic carbocycles. The summed E-state index contributed by atoms with van der Waals surface area (Å²) in [6.45, 7) is 2.89. The third-order valence-corrected chi connectivity index (χ3v) is 4.79. The van der Waals surface area contributed by atoms with E-state index in [2.05, 4.69) is 69.0 Å². The maximum Gasteiger partial charge on any atom is 0.191 e. The zero-order chi connectivity index (χ0) is 19.9. The second kappa shape index (κ2) is 11.5. The quantitative estimate of drug-likeness (QED) is 0.334. The molecule has 0 fully saturated rings. The zero-order valence-electron chi connectivity index (χ0n) is 17.7. The highest BCUT2D eigenvalue weighted by molar-refractivity contribution is 14.0. The average molecular weight is 513 g/mol. The molecular weight excluding hydrogens is 481 g/mol. The number of guanidine groups is 1. The van der Waals surface area contributed by atoms with Crippen molar-refractivity contribution >= 4 is 29.9 Å². The van der Waals surface area contributed by atoms with Crippen molar-refractivity contribution in [2.24, 2.45) is 4.99 Å². The topological polar surface area (TPSA) is 79.6 Å². The molecule has 1 atom stereocenters. The molecule has 2 heterocycles. The van der Waals surface area contributed by atoms with Crippen molar-refractivity contribution in [2.75, 3.05) is 28.3 Å². The van der Waals surface area contributed by atoms with Gasteiger partial charge < -0.3 is 20.3 Å². The second-order valence-electron chi connectivity index (χ2n) is 7.37. The number of hydrogen-bond donors (Lipinski definition) is 2. The predicted octanol–water partition coefficient (Wildman–Crippen LogP) is 1.78. The molecule has 1 unspecified atom stereocenters. The third-order valence-electron chi connectivity index (χ3n) is 4.79. The van der Waals surface area contributed by atoms with E-state index in [1.54, 1.807) is 7.11 Å². The van der Waals surface area contributed by atoms with Gasteiger partial charge in [0.15, 0.2) is 11.8 Å². The minimum Gasteiger partial charge on any atom is -0.377 e. The lowest BCUT2D eigenvalue weighted by molar-refractivity contribution is 0.177. The third kappa shape index (κ3) is 6.65. The van der Waals surface area contributed by atoms with Gasteiger partial charge in [0.1, 0.15) is 12.4 Å². The van der Waals surface area contributed by atoms with Crippen LogP contribution in [0.3, 0.4) is 0 Å². The number of nitrogens with one attached hydrogen (secondary N) is 2. The standard InChI is InChI=1S/C20H31N7O.HI/c1-21-20(22-11-15-7-5-6-8-16(15)12-26(2)3)23-17-9-10-19-24-18(14-28-4)25-27(19)13-17;/h5-8,17H,9-14H2,1-4H3,(H2,21,22,23);1H. The average Bonchev–Trinajstić information content (AvgIpc) is 3.07. The van der Waals surface area contributed by atoms with Crippen molar-refractivity contribution in [1.29, 1.82) is 0 Å². The number of fused-ring (bicyclic) bond motifs is 1. The van der Waals surface area contributed by atoms with Crippen molar-refractivity contribution < 1.29 is 4.74 Å². The summed E-state index contributed by atoms with van der Waals surface area (Å²) in [5.74, 6) is 2.59. The molecular formula is C20H32IN7O. The van der Waals surface area contributed by atoms with Gasteiger partial charge in [-0.1, -0.05) is 24.3 Å². The van der Waals surface area contributed by atoms with Crippen LogP contribution in [0, 0.1) is 0 Å². The van der Waals surface area contributed by atoms with Crippen LogP contribution < -0.4 is 10.6 Å². The van der Waals surface area contributed by atoms with E-state index in [0.717, 1.165) is 50.1 Å². The van der Waals surface area contributed by atoms with Gasteiger partial charge >= 0.3 is 0 Å². The Morgan fingerprint density at radius 2 is 2.07 bits per heavy atom. The Kier molecular flexibility index (Phi) is 9.31. The van der Waals surface area contributed by atoms with Gasteiger partial charge in [-0.3, -0.25) is 4.99 Å². The highest BCUT2D eigenvalue weighted by Crippen LogP contribution is 2.14. The summed E-state index contributed by atoms with van der Waals surface area (Å²) in [5.41, 5.74) is 2.61. The lowest BCUT2D eigenvalue weighted by atomic mass is 10.1. The molecule has 0 saturated carbocycles. The second-order valence-corrected chi connectivity index (χ2v) is 7.37. The van der Waals surface area contributed by atoms with E-state index in [9.17, 15) is 0 Å². The summed E-state index contributed by atoms with van der Waals surface area (Å²) in [6, 6.07) is 8.78. The van der Waals surface area contributed by atoms with E-state index < -0.39 is 0 Å². The number of aliphatic imine (C=N–C) groups is 1. The SMILES string of the molecule is CN=C(NCc1ccccc1CN(C)C)NC1CCc2nc(COC)nn2C1.I. The summed E-state index contributed by atoms with van der Waals surface area (Å²) >= 11 is 0. The minimum absolute atomic E-state index is 0. The molecule has 1 aromatic heterocycles. The van der Waals surface area contributed by atoms with E-state index in [0.29, 0.717) is 6.61 Å². The molecule has 2 aromatic rings. The number of hydrogen-bond acceptors (Lipinski definition) is 5. The normalized spacial score (nSPS) is 16.3. The van der Waals surface area contributed by atoms with E-state index in [1.807, 2.05) is 11.7 Å². The number of methoxy groups -OCH3 is 1. The largest absolute Gasteiger partial charge is 0.377 e. The molecule has 9 heteroatoms. The van der Waals surface area contributed by atoms with Crippen molar-refractivity contribution in [3.63, 3.8) is 0 Å². The van der Waals surface area contributed by atoms with Gasteiger partial charge in [-0.2, -0.15) is 5.10 Å². The van der Waals surface area contributed by atoms with Crippen LogP contribution in [0.5, 0.6) is 0 Å². The van der Waals surface area contributed by atoms with E-state index in [-0.39, 0.29) is 30.0 Å². The summed E-state index contributed by atoms with van der Waals surface area (Å²) in [5, 5.41) is 11.5. The Morgan fingerprint density at radius 1 is 1.31 bits per heavy atom. The fourth-order valence-corrected chi connectivity index (χ4v) is 3.46.